The van der Waals surface area contributed by atoms with Crippen LogP contribution in [0.25, 0.3) is 0 Å². The molecule has 2 N–H and O–H groups in total. The molecule has 0 saturated carbocycles. The fourth-order valence-corrected chi connectivity index (χ4v) is 1.89. The van der Waals surface area contributed by atoms with Gasteiger partial charge in [-0.1, -0.05) is 0 Å². The summed E-state index contributed by atoms with van der Waals surface area (Å²) in [5.74, 6) is -0.459. The van der Waals surface area contributed by atoms with E-state index in [1.807, 2.05) is 6.92 Å². The molecule has 1 aliphatic rings. The molecule has 1 aliphatic heterocycles. The Morgan fingerprint density at radius 2 is 2.00 bits per heavy atom. The molecular weight excluding hydrogens is 224 g/mol. The predicted octanol–water partition coefficient (Wildman–Crippen LogP) is 1.19. The van der Waals surface area contributed by atoms with Crippen LogP contribution in [0.4, 0.5) is 0 Å². The number of aliphatic hydroxyl groups is 1. The summed E-state index contributed by atoms with van der Waals surface area (Å²) >= 11 is 0. The second kappa shape index (κ2) is 4.25. The summed E-state index contributed by atoms with van der Waals surface area (Å²) in [4.78, 5) is 10.9. The second-order valence-corrected chi connectivity index (χ2v) is 4.00. The molecule has 92 valence electrons. The first kappa shape index (κ1) is 11.7. The number of hydrogen-bond donors (Lipinski definition) is 2. The summed E-state index contributed by atoms with van der Waals surface area (Å²) in [6, 6.07) is 1.79. The molecule has 0 aliphatic carbocycles. The Morgan fingerprint density at radius 3 is 2.65 bits per heavy atom. The van der Waals surface area contributed by atoms with E-state index in [-0.39, 0.29) is 5.56 Å². The molecule has 0 saturated heterocycles. The molecule has 1 atom stereocenters. The number of carbonyl (C=O) groups is 1. The van der Waals surface area contributed by atoms with Gasteiger partial charge in [-0.2, -0.15) is 0 Å². The average Bonchev–Trinajstić information content (AvgIpc) is 2.30. The SMILES string of the molecule is Cc1cc2c(c(C(O)C(=O)O)c1C)OCCO2. The van der Waals surface area contributed by atoms with Gasteiger partial charge in [0, 0.05) is 5.56 Å². The number of carboxylic acids is 1. The highest BCUT2D eigenvalue weighted by atomic mass is 16.6. The molecule has 0 bridgehead atoms. The third-order valence-corrected chi connectivity index (χ3v) is 2.91. The van der Waals surface area contributed by atoms with Gasteiger partial charge in [-0.15, -0.1) is 0 Å². The Morgan fingerprint density at radius 1 is 1.35 bits per heavy atom. The van der Waals surface area contributed by atoms with Crippen LogP contribution >= 0.6 is 0 Å². The lowest BCUT2D eigenvalue weighted by Crippen LogP contribution is -2.21. The Bertz CT molecular complexity index is 466. The Labute approximate surface area is 98.6 Å². The predicted molar refractivity (Wildman–Crippen MR) is 59.5 cm³/mol. The number of aryl methyl sites for hydroxylation is 1. The van der Waals surface area contributed by atoms with Gasteiger partial charge >= 0.3 is 5.97 Å². The Kier molecular flexibility index (Phi) is 2.93. The minimum Gasteiger partial charge on any atom is -0.486 e. The zero-order valence-electron chi connectivity index (χ0n) is 9.69. The summed E-state index contributed by atoms with van der Waals surface area (Å²) in [5.41, 5.74) is 1.86. The van der Waals surface area contributed by atoms with E-state index < -0.39 is 12.1 Å². The van der Waals surface area contributed by atoms with Gasteiger partial charge in [-0.05, 0) is 31.0 Å². The molecule has 1 aromatic rings. The van der Waals surface area contributed by atoms with Gasteiger partial charge in [0.2, 0.25) is 0 Å². The first-order valence-corrected chi connectivity index (χ1v) is 5.33. The van der Waals surface area contributed by atoms with Crippen molar-refractivity contribution in [2.45, 2.75) is 20.0 Å². The third kappa shape index (κ3) is 1.93. The van der Waals surface area contributed by atoms with E-state index in [1.54, 1.807) is 13.0 Å². The van der Waals surface area contributed by atoms with Crippen molar-refractivity contribution in [2.75, 3.05) is 13.2 Å². The number of rotatable bonds is 2. The van der Waals surface area contributed by atoms with Gasteiger partial charge in [-0.3, -0.25) is 0 Å². The van der Waals surface area contributed by atoms with Gasteiger partial charge < -0.3 is 19.7 Å². The van der Waals surface area contributed by atoms with Gasteiger partial charge in [0.15, 0.2) is 17.6 Å². The van der Waals surface area contributed by atoms with Crippen molar-refractivity contribution >= 4 is 5.97 Å². The monoisotopic (exact) mass is 238 g/mol. The molecule has 17 heavy (non-hydrogen) atoms. The normalized spacial score (nSPS) is 15.5. The molecule has 0 fully saturated rings. The quantitative estimate of drug-likeness (QED) is 0.809. The van der Waals surface area contributed by atoms with Gasteiger partial charge in [0.25, 0.3) is 0 Å². The van der Waals surface area contributed by atoms with Crippen LogP contribution in [0, 0.1) is 13.8 Å². The van der Waals surface area contributed by atoms with Crippen molar-refractivity contribution in [2.24, 2.45) is 0 Å². The van der Waals surface area contributed by atoms with E-state index in [0.29, 0.717) is 30.3 Å². The first-order chi connectivity index (χ1) is 8.02. The van der Waals surface area contributed by atoms with Crippen LogP contribution < -0.4 is 9.47 Å². The third-order valence-electron chi connectivity index (χ3n) is 2.91. The largest absolute Gasteiger partial charge is 0.486 e. The fraction of sp³-hybridized carbons (Fsp3) is 0.417. The molecular formula is C12H14O5. The molecule has 1 heterocycles. The number of aliphatic carboxylic acids is 1. The molecule has 1 unspecified atom stereocenters. The zero-order valence-corrected chi connectivity index (χ0v) is 9.69. The highest BCUT2D eigenvalue weighted by Crippen LogP contribution is 2.40. The van der Waals surface area contributed by atoms with Crippen LogP contribution in [-0.4, -0.2) is 29.4 Å². The van der Waals surface area contributed by atoms with Crippen molar-refractivity contribution < 1.29 is 24.5 Å². The van der Waals surface area contributed by atoms with Crippen LogP contribution in [0.3, 0.4) is 0 Å². The zero-order chi connectivity index (χ0) is 12.6. The van der Waals surface area contributed by atoms with Crippen molar-refractivity contribution in [1.29, 1.82) is 0 Å². The smallest absolute Gasteiger partial charge is 0.337 e. The van der Waals surface area contributed by atoms with Crippen molar-refractivity contribution in [3.05, 3.63) is 22.8 Å². The minimum atomic E-state index is -1.59. The fourth-order valence-electron chi connectivity index (χ4n) is 1.89. The molecule has 5 nitrogen and oxygen atoms in total. The molecule has 0 aromatic heterocycles. The first-order valence-electron chi connectivity index (χ1n) is 5.33. The van der Waals surface area contributed by atoms with Crippen LogP contribution in [0.15, 0.2) is 6.07 Å². The Hall–Kier alpha value is -1.75. The maximum Gasteiger partial charge on any atom is 0.337 e. The lowest BCUT2D eigenvalue weighted by atomic mass is 9.97. The summed E-state index contributed by atoms with van der Waals surface area (Å²) in [7, 11) is 0. The van der Waals surface area contributed by atoms with Crippen molar-refractivity contribution in [3.63, 3.8) is 0 Å². The van der Waals surface area contributed by atoms with Crippen molar-refractivity contribution in [1.82, 2.24) is 0 Å². The summed E-state index contributed by atoms with van der Waals surface area (Å²) in [6.45, 7) is 4.38. The minimum absolute atomic E-state index is 0.284. The molecule has 2 rings (SSSR count). The average molecular weight is 238 g/mol. The van der Waals surface area contributed by atoms with Crippen LogP contribution in [0.1, 0.15) is 22.8 Å². The van der Waals surface area contributed by atoms with E-state index in [2.05, 4.69) is 0 Å². The highest BCUT2D eigenvalue weighted by molar-refractivity contribution is 5.77. The lowest BCUT2D eigenvalue weighted by molar-refractivity contribution is -0.147. The second-order valence-electron chi connectivity index (χ2n) is 4.00. The van der Waals surface area contributed by atoms with E-state index in [1.165, 1.54) is 0 Å². The molecule has 0 amide bonds. The maximum atomic E-state index is 10.9. The van der Waals surface area contributed by atoms with E-state index in [0.717, 1.165) is 5.56 Å². The van der Waals surface area contributed by atoms with Crippen LogP contribution in [-0.2, 0) is 4.79 Å². The molecule has 0 radical (unpaired) electrons. The van der Waals surface area contributed by atoms with Gasteiger partial charge in [-0.25, -0.2) is 4.79 Å². The maximum absolute atomic E-state index is 10.9. The lowest BCUT2D eigenvalue weighted by Gasteiger charge is -2.24. The number of ether oxygens (including phenoxy) is 2. The van der Waals surface area contributed by atoms with Crippen LogP contribution in [0.2, 0.25) is 0 Å². The van der Waals surface area contributed by atoms with E-state index >= 15 is 0 Å². The highest BCUT2D eigenvalue weighted by Gasteiger charge is 2.28. The number of benzene rings is 1. The number of fused-ring (bicyclic) bond motifs is 1. The molecule has 0 spiro atoms. The van der Waals surface area contributed by atoms with Crippen LogP contribution in [0.5, 0.6) is 11.5 Å². The van der Waals surface area contributed by atoms with E-state index in [4.69, 9.17) is 14.6 Å². The van der Waals surface area contributed by atoms with Crippen molar-refractivity contribution in [3.8, 4) is 11.5 Å². The summed E-state index contributed by atoms with van der Waals surface area (Å²) in [5, 5.41) is 18.6. The summed E-state index contributed by atoms with van der Waals surface area (Å²) < 4.78 is 10.8. The number of carboxylic acid groups (broad SMARTS) is 1. The summed E-state index contributed by atoms with van der Waals surface area (Å²) in [6.07, 6.45) is -1.59. The topological polar surface area (TPSA) is 76.0 Å². The molecule has 1 aromatic carbocycles. The number of aliphatic hydroxyl groups excluding tert-OH is 1. The molecule has 5 heteroatoms. The number of hydrogen-bond acceptors (Lipinski definition) is 4. The Balaban J connectivity index is 2.62. The van der Waals surface area contributed by atoms with Gasteiger partial charge in [0.1, 0.15) is 13.2 Å². The van der Waals surface area contributed by atoms with E-state index in [9.17, 15) is 9.90 Å². The standard InChI is InChI=1S/C12H14O5/c1-6-5-8-11(17-4-3-16-8)9(7(6)2)10(13)12(14)15/h5,10,13H,3-4H2,1-2H3,(H,14,15). The van der Waals surface area contributed by atoms with Gasteiger partial charge in [0.05, 0.1) is 0 Å².